The van der Waals surface area contributed by atoms with E-state index < -0.39 is 0 Å². The van der Waals surface area contributed by atoms with Crippen molar-refractivity contribution in [3.8, 4) is 0 Å². The van der Waals surface area contributed by atoms with E-state index in [9.17, 15) is 0 Å². The molecule has 0 saturated carbocycles. The first kappa shape index (κ1) is 8.94. The highest BCUT2D eigenvalue weighted by Crippen LogP contribution is 2.00. The molecule has 0 amide bonds. The first-order valence-electron chi connectivity index (χ1n) is 4.02. The van der Waals surface area contributed by atoms with E-state index in [0.29, 0.717) is 6.54 Å². The number of benzene rings is 1. The summed E-state index contributed by atoms with van der Waals surface area (Å²) in [5.74, 6) is 0. The minimum atomic E-state index is 0.115. The van der Waals surface area contributed by atoms with Gasteiger partial charge >= 0.3 is 0 Å². The minimum absolute atomic E-state index is 0.115. The second kappa shape index (κ2) is 4.67. The Labute approximate surface area is 72.6 Å². The van der Waals surface area contributed by atoms with Crippen LogP contribution in [0.4, 0.5) is 0 Å². The molecule has 1 rings (SSSR count). The number of nitrogens with zero attached hydrogens (tertiary/aromatic N) is 1. The van der Waals surface area contributed by atoms with Crippen molar-refractivity contribution in [2.45, 2.75) is 6.92 Å². The number of aliphatic hydroxyl groups excluding tert-OH is 1. The second-order valence-electron chi connectivity index (χ2n) is 2.56. The standard InChI is InChI=1S/C10H13NO/c1-9(11-7-8-12)10-5-3-2-4-6-10/h2-6,12H,7-8H2,1H3/b11-9+. The van der Waals surface area contributed by atoms with Gasteiger partial charge in [0.15, 0.2) is 0 Å². The summed E-state index contributed by atoms with van der Waals surface area (Å²) in [6.07, 6.45) is 0. The third-order valence-electron chi connectivity index (χ3n) is 1.64. The van der Waals surface area contributed by atoms with Gasteiger partial charge in [0, 0.05) is 5.71 Å². The predicted molar refractivity (Wildman–Crippen MR) is 50.6 cm³/mol. The van der Waals surface area contributed by atoms with Crippen LogP contribution in [0, 0.1) is 0 Å². The fourth-order valence-corrected chi connectivity index (χ4v) is 0.988. The van der Waals surface area contributed by atoms with Gasteiger partial charge in [0.1, 0.15) is 0 Å². The Bertz CT molecular complexity index is 254. The smallest absolute Gasteiger partial charge is 0.0627 e. The summed E-state index contributed by atoms with van der Waals surface area (Å²) in [7, 11) is 0. The molecule has 0 bridgehead atoms. The molecule has 0 aromatic heterocycles. The third-order valence-corrected chi connectivity index (χ3v) is 1.64. The van der Waals surface area contributed by atoms with Gasteiger partial charge in [-0.25, -0.2) is 0 Å². The van der Waals surface area contributed by atoms with E-state index in [1.54, 1.807) is 0 Å². The molecular weight excluding hydrogens is 150 g/mol. The summed E-state index contributed by atoms with van der Waals surface area (Å²) in [5, 5.41) is 8.55. The van der Waals surface area contributed by atoms with E-state index in [0.717, 1.165) is 11.3 Å². The van der Waals surface area contributed by atoms with Crippen molar-refractivity contribution >= 4 is 5.71 Å². The average Bonchev–Trinajstić information content (AvgIpc) is 2.15. The summed E-state index contributed by atoms with van der Waals surface area (Å²) >= 11 is 0. The van der Waals surface area contributed by atoms with Crippen LogP contribution in [0.5, 0.6) is 0 Å². The van der Waals surface area contributed by atoms with Crippen molar-refractivity contribution in [3.63, 3.8) is 0 Å². The van der Waals surface area contributed by atoms with E-state index in [4.69, 9.17) is 5.11 Å². The molecule has 0 fully saturated rings. The fourth-order valence-electron chi connectivity index (χ4n) is 0.988. The lowest BCUT2D eigenvalue weighted by Crippen LogP contribution is -1.97. The summed E-state index contributed by atoms with van der Waals surface area (Å²) < 4.78 is 0. The number of aliphatic imine (C=N–C) groups is 1. The average molecular weight is 163 g/mol. The normalized spacial score (nSPS) is 11.7. The lowest BCUT2D eigenvalue weighted by atomic mass is 10.1. The summed E-state index contributed by atoms with van der Waals surface area (Å²) in [6.45, 7) is 2.55. The Balaban J connectivity index is 2.71. The van der Waals surface area contributed by atoms with Crippen molar-refractivity contribution in [3.05, 3.63) is 35.9 Å². The second-order valence-corrected chi connectivity index (χ2v) is 2.56. The highest BCUT2D eigenvalue weighted by molar-refractivity contribution is 5.98. The van der Waals surface area contributed by atoms with Crippen LogP contribution in [-0.2, 0) is 0 Å². The van der Waals surface area contributed by atoms with Gasteiger partial charge in [-0.05, 0) is 12.5 Å². The molecular formula is C10H13NO. The summed E-state index contributed by atoms with van der Waals surface area (Å²) in [4.78, 5) is 4.18. The molecule has 1 aromatic rings. The first-order chi connectivity index (χ1) is 5.84. The van der Waals surface area contributed by atoms with Crippen LogP contribution in [-0.4, -0.2) is 24.0 Å². The number of hydrogen-bond donors (Lipinski definition) is 1. The van der Waals surface area contributed by atoms with Crippen molar-refractivity contribution in [1.82, 2.24) is 0 Å². The highest BCUT2D eigenvalue weighted by atomic mass is 16.3. The zero-order valence-corrected chi connectivity index (χ0v) is 7.20. The van der Waals surface area contributed by atoms with E-state index in [-0.39, 0.29) is 6.61 Å². The van der Waals surface area contributed by atoms with E-state index in [1.165, 1.54) is 0 Å². The first-order valence-corrected chi connectivity index (χ1v) is 4.02. The van der Waals surface area contributed by atoms with Crippen molar-refractivity contribution in [2.75, 3.05) is 13.2 Å². The molecule has 0 aliphatic carbocycles. The monoisotopic (exact) mass is 163 g/mol. The largest absolute Gasteiger partial charge is 0.394 e. The minimum Gasteiger partial charge on any atom is -0.394 e. The van der Waals surface area contributed by atoms with E-state index in [1.807, 2.05) is 37.3 Å². The maximum atomic E-state index is 8.55. The maximum Gasteiger partial charge on any atom is 0.0627 e. The van der Waals surface area contributed by atoms with Gasteiger partial charge < -0.3 is 5.11 Å². The molecule has 1 aromatic carbocycles. The van der Waals surface area contributed by atoms with Gasteiger partial charge in [-0.2, -0.15) is 0 Å². The molecule has 0 aliphatic heterocycles. The van der Waals surface area contributed by atoms with Gasteiger partial charge in [-0.15, -0.1) is 0 Å². The molecule has 2 nitrogen and oxygen atoms in total. The molecule has 0 unspecified atom stereocenters. The maximum absolute atomic E-state index is 8.55. The lowest BCUT2D eigenvalue weighted by Gasteiger charge is -1.98. The lowest BCUT2D eigenvalue weighted by molar-refractivity contribution is 0.307. The van der Waals surface area contributed by atoms with Crippen LogP contribution in [0.3, 0.4) is 0 Å². The fraction of sp³-hybridized carbons (Fsp3) is 0.300. The van der Waals surface area contributed by atoms with Crippen LogP contribution in [0.15, 0.2) is 35.3 Å². The van der Waals surface area contributed by atoms with Crippen LogP contribution in [0.25, 0.3) is 0 Å². The topological polar surface area (TPSA) is 32.6 Å². The number of rotatable bonds is 3. The quantitative estimate of drug-likeness (QED) is 0.673. The van der Waals surface area contributed by atoms with Gasteiger partial charge in [0.25, 0.3) is 0 Å². The third kappa shape index (κ3) is 2.47. The molecule has 0 atom stereocenters. The van der Waals surface area contributed by atoms with E-state index in [2.05, 4.69) is 4.99 Å². The van der Waals surface area contributed by atoms with E-state index >= 15 is 0 Å². The molecule has 0 aliphatic rings. The zero-order valence-electron chi connectivity index (χ0n) is 7.20. The number of aliphatic hydroxyl groups is 1. The summed E-state index contributed by atoms with van der Waals surface area (Å²) in [5.41, 5.74) is 2.09. The van der Waals surface area contributed by atoms with Gasteiger partial charge in [0.2, 0.25) is 0 Å². The summed E-state index contributed by atoms with van der Waals surface area (Å²) in [6, 6.07) is 9.95. The van der Waals surface area contributed by atoms with Gasteiger partial charge in [0.05, 0.1) is 13.2 Å². The van der Waals surface area contributed by atoms with Crippen molar-refractivity contribution < 1.29 is 5.11 Å². The molecule has 12 heavy (non-hydrogen) atoms. The Kier molecular flexibility index (Phi) is 3.48. The molecule has 1 N–H and O–H groups in total. The van der Waals surface area contributed by atoms with Crippen LogP contribution in [0.2, 0.25) is 0 Å². The molecule has 64 valence electrons. The molecule has 0 heterocycles. The molecule has 0 saturated heterocycles. The van der Waals surface area contributed by atoms with Crippen LogP contribution in [0.1, 0.15) is 12.5 Å². The Morgan fingerprint density at radius 3 is 2.58 bits per heavy atom. The van der Waals surface area contributed by atoms with Gasteiger partial charge in [-0.3, -0.25) is 4.99 Å². The van der Waals surface area contributed by atoms with Crippen LogP contribution < -0.4 is 0 Å². The predicted octanol–water partition coefficient (Wildman–Crippen LogP) is 1.49. The molecule has 2 heteroatoms. The zero-order chi connectivity index (χ0) is 8.81. The number of hydrogen-bond acceptors (Lipinski definition) is 2. The Morgan fingerprint density at radius 2 is 2.00 bits per heavy atom. The van der Waals surface area contributed by atoms with Gasteiger partial charge in [-0.1, -0.05) is 30.3 Å². The highest BCUT2D eigenvalue weighted by Gasteiger charge is 1.92. The van der Waals surface area contributed by atoms with Crippen molar-refractivity contribution in [1.29, 1.82) is 0 Å². The van der Waals surface area contributed by atoms with Crippen molar-refractivity contribution in [2.24, 2.45) is 4.99 Å². The molecule has 0 spiro atoms. The van der Waals surface area contributed by atoms with Crippen LogP contribution >= 0.6 is 0 Å². The SMILES string of the molecule is C/C(=N\CCO)c1ccccc1. The Morgan fingerprint density at radius 1 is 1.33 bits per heavy atom. The molecule has 0 radical (unpaired) electrons. The Hall–Kier alpha value is -1.15.